The minimum atomic E-state index is -0.514. The SMILES string of the molecule is Cc1cccc(CNC(=O)Nc2cccc(NC(=O)OCC(C)C)c2)c1. The predicted octanol–water partition coefficient (Wildman–Crippen LogP) is 4.52. The standard InChI is InChI=1S/C20H25N3O3/c1-14(2)13-26-20(25)23-18-9-5-8-17(11-18)22-19(24)21-12-16-7-4-6-15(3)10-16/h4-11,14H,12-13H2,1-3H3,(H,23,25)(H2,21,22,24). The Balaban J connectivity index is 1.85. The topological polar surface area (TPSA) is 79.5 Å². The fraction of sp³-hybridized carbons (Fsp3) is 0.300. The van der Waals surface area contributed by atoms with Crippen molar-refractivity contribution in [2.75, 3.05) is 17.2 Å². The van der Waals surface area contributed by atoms with Gasteiger partial charge in [0.2, 0.25) is 0 Å². The lowest BCUT2D eigenvalue weighted by molar-refractivity contribution is 0.147. The highest BCUT2D eigenvalue weighted by Gasteiger charge is 2.07. The van der Waals surface area contributed by atoms with Crippen LogP contribution in [0.25, 0.3) is 0 Å². The minimum absolute atomic E-state index is 0.269. The zero-order valence-electron chi connectivity index (χ0n) is 15.3. The summed E-state index contributed by atoms with van der Waals surface area (Å²) in [5.41, 5.74) is 3.31. The lowest BCUT2D eigenvalue weighted by atomic mass is 10.1. The monoisotopic (exact) mass is 355 g/mol. The molecule has 6 nitrogen and oxygen atoms in total. The van der Waals surface area contributed by atoms with E-state index in [0.717, 1.165) is 11.1 Å². The van der Waals surface area contributed by atoms with Crippen LogP contribution in [0.4, 0.5) is 21.0 Å². The Morgan fingerprint density at radius 3 is 2.38 bits per heavy atom. The van der Waals surface area contributed by atoms with E-state index in [0.29, 0.717) is 24.5 Å². The van der Waals surface area contributed by atoms with Gasteiger partial charge in [0.05, 0.1) is 6.61 Å². The van der Waals surface area contributed by atoms with Crippen LogP contribution in [-0.4, -0.2) is 18.7 Å². The number of carbonyl (C=O) groups is 2. The third kappa shape index (κ3) is 6.84. The first kappa shape index (κ1) is 19.3. The number of benzene rings is 2. The van der Waals surface area contributed by atoms with Crippen molar-refractivity contribution in [2.45, 2.75) is 27.3 Å². The maximum absolute atomic E-state index is 12.0. The van der Waals surface area contributed by atoms with Gasteiger partial charge in [-0.2, -0.15) is 0 Å². The Morgan fingerprint density at radius 1 is 1.00 bits per heavy atom. The fourth-order valence-corrected chi connectivity index (χ4v) is 2.25. The van der Waals surface area contributed by atoms with Crippen molar-refractivity contribution in [2.24, 2.45) is 5.92 Å². The van der Waals surface area contributed by atoms with Crippen LogP contribution in [-0.2, 0) is 11.3 Å². The van der Waals surface area contributed by atoms with E-state index < -0.39 is 6.09 Å². The Kier molecular flexibility index (Phi) is 7.02. The van der Waals surface area contributed by atoms with E-state index in [9.17, 15) is 9.59 Å². The quantitative estimate of drug-likeness (QED) is 0.713. The van der Waals surface area contributed by atoms with Crippen molar-refractivity contribution in [3.8, 4) is 0 Å². The lowest BCUT2D eigenvalue weighted by Gasteiger charge is -2.11. The summed E-state index contributed by atoms with van der Waals surface area (Å²) in [5, 5.41) is 8.20. The van der Waals surface area contributed by atoms with Gasteiger partial charge in [-0.1, -0.05) is 49.7 Å². The predicted molar refractivity (Wildman–Crippen MR) is 103 cm³/mol. The maximum atomic E-state index is 12.0. The van der Waals surface area contributed by atoms with Gasteiger partial charge in [-0.05, 0) is 36.6 Å². The molecule has 0 aromatic heterocycles. The van der Waals surface area contributed by atoms with Gasteiger partial charge < -0.3 is 15.4 Å². The van der Waals surface area contributed by atoms with Gasteiger partial charge in [0, 0.05) is 17.9 Å². The summed E-state index contributed by atoms with van der Waals surface area (Å²) in [7, 11) is 0. The summed E-state index contributed by atoms with van der Waals surface area (Å²) in [5.74, 6) is 0.269. The first-order valence-corrected chi connectivity index (χ1v) is 8.56. The molecule has 0 saturated heterocycles. The Bertz CT molecular complexity index is 759. The molecule has 6 heteroatoms. The number of nitrogens with one attached hydrogen (secondary N) is 3. The Hall–Kier alpha value is -3.02. The van der Waals surface area contributed by atoms with Crippen LogP contribution in [0.3, 0.4) is 0 Å². The smallest absolute Gasteiger partial charge is 0.411 e. The molecule has 3 N–H and O–H groups in total. The molecule has 0 aliphatic heterocycles. The summed E-state index contributed by atoms with van der Waals surface area (Å²) in [6.45, 7) is 6.73. The third-order valence-electron chi connectivity index (χ3n) is 3.45. The van der Waals surface area contributed by atoms with Crippen LogP contribution in [0, 0.1) is 12.8 Å². The molecule has 0 unspecified atom stereocenters. The molecule has 2 aromatic rings. The molecule has 0 saturated carbocycles. The van der Waals surface area contributed by atoms with E-state index in [1.54, 1.807) is 24.3 Å². The Labute approximate surface area is 153 Å². The van der Waals surface area contributed by atoms with Crippen molar-refractivity contribution in [1.29, 1.82) is 0 Å². The number of aryl methyl sites for hydroxylation is 1. The highest BCUT2D eigenvalue weighted by Crippen LogP contribution is 2.15. The van der Waals surface area contributed by atoms with Gasteiger partial charge in [0.1, 0.15) is 0 Å². The Morgan fingerprint density at radius 2 is 1.69 bits per heavy atom. The second-order valence-corrected chi connectivity index (χ2v) is 6.49. The van der Waals surface area contributed by atoms with Crippen molar-refractivity contribution in [1.82, 2.24) is 5.32 Å². The van der Waals surface area contributed by atoms with Crippen LogP contribution in [0.2, 0.25) is 0 Å². The second-order valence-electron chi connectivity index (χ2n) is 6.49. The van der Waals surface area contributed by atoms with Crippen LogP contribution < -0.4 is 16.0 Å². The summed E-state index contributed by atoms with van der Waals surface area (Å²) in [6.07, 6.45) is -0.514. The fourth-order valence-electron chi connectivity index (χ4n) is 2.25. The number of ether oxygens (including phenoxy) is 1. The molecule has 3 amide bonds. The molecular weight excluding hydrogens is 330 g/mol. The van der Waals surface area contributed by atoms with Crippen LogP contribution >= 0.6 is 0 Å². The molecule has 0 aliphatic rings. The minimum Gasteiger partial charge on any atom is -0.449 e. The van der Waals surface area contributed by atoms with E-state index >= 15 is 0 Å². The largest absolute Gasteiger partial charge is 0.449 e. The van der Waals surface area contributed by atoms with E-state index in [-0.39, 0.29) is 11.9 Å². The third-order valence-corrected chi connectivity index (χ3v) is 3.45. The number of carbonyl (C=O) groups excluding carboxylic acids is 2. The molecule has 26 heavy (non-hydrogen) atoms. The number of anilines is 2. The first-order chi connectivity index (χ1) is 12.4. The molecule has 0 aliphatic carbocycles. The van der Waals surface area contributed by atoms with Crippen molar-refractivity contribution in [3.63, 3.8) is 0 Å². The van der Waals surface area contributed by atoms with Gasteiger partial charge in [0.15, 0.2) is 0 Å². The highest BCUT2D eigenvalue weighted by molar-refractivity contribution is 5.91. The van der Waals surface area contributed by atoms with E-state index in [1.165, 1.54) is 0 Å². The van der Waals surface area contributed by atoms with E-state index in [2.05, 4.69) is 16.0 Å². The number of hydrogen-bond acceptors (Lipinski definition) is 3. The van der Waals surface area contributed by atoms with Gasteiger partial charge in [-0.3, -0.25) is 5.32 Å². The molecule has 0 atom stereocenters. The van der Waals surface area contributed by atoms with Crippen LogP contribution in [0.5, 0.6) is 0 Å². The summed E-state index contributed by atoms with van der Waals surface area (Å²) in [6, 6.07) is 14.5. The molecule has 0 fully saturated rings. The van der Waals surface area contributed by atoms with Crippen LogP contribution in [0.15, 0.2) is 48.5 Å². The number of rotatable bonds is 6. The summed E-state index contributed by atoms with van der Waals surface area (Å²) >= 11 is 0. The van der Waals surface area contributed by atoms with Gasteiger partial charge in [0.25, 0.3) is 0 Å². The molecule has 138 valence electrons. The lowest BCUT2D eigenvalue weighted by Crippen LogP contribution is -2.28. The second kappa shape index (κ2) is 9.46. The van der Waals surface area contributed by atoms with Crippen LogP contribution in [0.1, 0.15) is 25.0 Å². The molecule has 2 rings (SSSR count). The molecular formula is C20H25N3O3. The molecule has 2 aromatic carbocycles. The number of urea groups is 1. The zero-order valence-corrected chi connectivity index (χ0v) is 15.3. The van der Waals surface area contributed by atoms with E-state index in [4.69, 9.17) is 4.74 Å². The molecule has 0 radical (unpaired) electrons. The number of hydrogen-bond donors (Lipinski definition) is 3. The zero-order chi connectivity index (χ0) is 18.9. The van der Waals surface area contributed by atoms with Crippen molar-refractivity contribution >= 4 is 23.5 Å². The van der Waals surface area contributed by atoms with Crippen molar-refractivity contribution in [3.05, 3.63) is 59.7 Å². The molecule has 0 heterocycles. The maximum Gasteiger partial charge on any atom is 0.411 e. The molecule has 0 bridgehead atoms. The average molecular weight is 355 g/mol. The highest BCUT2D eigenvalue weighted by atomic mass is 16.5. The van der Waals surface area contributed by atoms with Gasteiger partial charge in [-0.15, -0.1) is 0 Å². The normalized spacial score (nSPS) is 10.3. The summed E-state index contributed by atoms with van der Waals surface area (Å²) < 4.78 is 5.08. The first-order valence-electron chi connectivity index (χ1n) is 8.56. The summed E-state index contributed by atoms with van der Waals surface area (Å²) in [4.78, 5) is 23.8. The van der Waals surface area contributed by atoms with Crippen molar-refractivity contribution < 1.29 is 14.3 Å². The average Bonchev–Trinajstić information content (AvgIpc) is 2.58. The van der Waals surface area contributed by atoms with Gasteiger partial charge >= 0.3 is 12.1 Å². The number of amides is 3. The van der Waals surface area contributed by atoms with E-state index in [1.807, 2.05) is 45.0 Å². The van der Waals surface area contributed by atoms with Gasteiger partial charge in [-0.25, -0.2) is 9.59 Å². The molecule has 0 spiro atoms.